The number of piperidine rings is 1. The van der Waals surface area contributed by atoms with Gasteiger partial charge >= 0.3 is 0 Å². The molecule has 1 aliphatic heterocycles. The van der Waals surface area contributed by atoms with Crippen molar-refractivity contribution in [3.63, 3.8) is 0 Å². The molecule has 0 N–H and O–H groups in total. The molecule has 206 valence electrons. The first-order valence-corrected chi connectivity index (χ1v) is 14.5. The quantitative estimate of drug-likeness (QED) is 0.209. The molecule has 1 aliphatic rings. The molecule has 4 nitrogen and oxygen atoms in total. The molecule has 4 heteroatoms. The third-order valence-corrected chi connectivity index (χ3v) is 8.16. The highest BCUT2D eigenvalue weighted by Gasteiger charge is 2.26. The standard InChI is InChI=1S/C36H40N2O2/c1-37(36(39)27-29-17-19-34(20-18-29)40-28-30-11-5-2-6-12-30)33-21-24-38(25-22-33)26-23-35(31-13-7-3-8-14-31)32-15-9-4-10-16-32/h2-20,33,35H,21-28H2,1H3. The smallest absolute Gasteiger partial charge is 0.226 e. The van der Waals surface area contributed by atoms with Gasteiger partial charge in [0.25, 0.3) is 0 Å². The second-order valence-corrected chi connectivity index (χ2v) is 10.8. The summed E-state index contributed by atoms with van der Waals surface area (Å²) in [5.41, 5.74) is 4.92. The first-order valence-electron chi connectivity index (χ1n) is 14.5. The minimum Gasteiger partial charge on any atom is -0.489 e. The van der Waals surface area contributed by atoms with E-state index in [1.165, 1.54) is 11.1 Å². The second kappa shape index (κ2) is 14.0. The van der Waals surface area contributed by atoms with E-state index in [0.29, 0.717) is 25.0 Å². The van der Waals surface area contributed by atoms with Crippen LogP contribution < -0.4 is 4.74 Å². The first-order chi connectivity index (χ1) is 19.7. The van der Waals surface area contributed by atoms with E-state index in [-0.39, 0.29) is 5.91 Å². The summed E-state index contributed by atoms with van der Waals surface area (Å²) in [6.07, 6.45) is 3.57. The molecule has 0 radical (unpaired) electrons. The van der Waals surface area contributed by atoms with Crippen molar-refractivity contribution in [2.75, 3.05) is 26.7 Å². The molecule has 0 aliphatic carbocycles. The molecule has 1 fully saturated rings. The lowest BCUT2D eigenvalue weighted by Crippen LogP contribution is -2.46. The van der Waals surface area contributed by atoms with Crippen LogP contribution in [0.5, 0.6) is 5.75 Å². The summed E-state index contributed by atoms with van der Waals surface area (Å²) in [7, 11) is 1.97. The Morgan fingerprint density at radius 2 is 1.32 bits per heavy atom. The summed E-state index contributed by atoms with van der Waals surface area (Å²) in [5, 5.41) is 0. The highest BCUT2D eigenvalue weighted by molar-refractivity contribution is 5.78. The molecule has 0 atom stereocenters. The topological polar surface area (TPSA) is 32.8 Å². The average Bonchev–Trinajstić information content (AvgIpc) is 3.02. The summed E-state index contributed by atoms with van der Waals surface area (Å²) in [4.78, 5) is 17.7. The highest BCUT2D eigenvalue weighted by atomic mass is 16.5. The van der Waals surface area contributed by atoms with Crippen molar-refractivity contribution in [2.45, 2.75) is 44.2 Å². The molecular weight excluding hydrogens is 492 g/mol. The van der Waals surface area contributed by atoms with E-state index in [1.807, 2.05) is 54.4 Å². The first kappa shape index (κ1) is 27.7. The predicted octanol–water partition coefficient (Wildman–Crippen LogP) is 6.95. The van der Waals surface area contributed by atoms with Crippen LogP contribution >= 0.6 is 0 Å². The van der Waals surface area contributed by atoms with Gasteiger partial charge in [-0.15, -0.1) is 0 Å². The Hall–Kier alpha value is -3.89. The molecule has 1 amide bonds. The molecule has 1 saturated heterocycles. The highest BCUT2D eigenvalue weighted by Crippen LogP contribution is 2.29. The number of nitrogens with zero attached hydrogens (tertiary/aromatic N) is 2. The van der Waals surface area contributed by atoms with Gasteiger partial charge in [-0.2, -0.15) is 0 Å². The molecular formula is C36H40N2O2. The van der Waals surface area contributed by atoms with Crippen molar-refractivity contribution in [3.05, 3.63) is 138 Å². The lowest BCUT2D eigenvalue weighted by Gasteiger charge is -2.37. The van der Waals surface area contributed by atoms with Crippen LogP contribution in [0.1, 0.15) is 47.4 Å². The van der Waals surface area contributed by atoms with E-state index >= 15 is 0 Å². The lowest BCUT2D eigenvalue weighted by molar-refractivity contribution is -0.132. The Bertz CT molecular complexity index is 1260. The number of carbonyl (C=O) groups excluding carboxylic acids is 1. The normalized spacial score (nSPS) is 14.2. The van der Waals surface area contributed by atoms with Crippen LogP contribution in [0, 0.1) is 0 Å². The van der Waals surface area contributed by atoms with Crippen LogP contribution in [-0.4, -0.2) is 48.4 Å². The van der Waals surface area contributed by atoms with E-state index < -0.39 is 0 Å². The second-order valence-electron chi connectivity index (χ2n) is 10.8. The largest absolute Gasteiger partial charge is 0.489 e. The van der Waals surface area contributed by atoms with Crippen molar-refractivity contribution in [2.24, 2.45) is 0 Å². The van der Waals surface area contributed by atoms with Crippen molar-refractivity contribution in [1.82, 2.24) is 9.80 Å². The van der Waals surface area contributed by atoms with Gasteiger partial charge in [-0.25, -0.2) is 0 Å². The van der Waals surface area contributed by atoms with Gasteiger partial charge < -0.3 is 14.5 Å². The number of hydrogen-bond acceptors (Lipinski definition) is 3. The van der Waals surface area contributed by atoms with Gasteiger partial charge in [0.1, 0.15) is 12.4 Å². The van der Waals surface area contributed by atoms with Crippen LogP contribution in [0.4, 0.5) is 0 Å². The maximum atomic E-state index is 13.1. The average molecular weight is 533 g/mol. The Labute approximate surface area is 239 Å². The summed E-state index contributed by atoms with van der Waals surface area (Å²) in [6, 6.07) is 40.1. The van der Waals surface area contributed by atoms with Gasteiger partial charge in [-0.3, -0.25) is 4.79 Å². The summed E-state index contributed by atoms with van der Waals surface area (Å²) in [5.74, 6) is 1.41. The van der Waals surface area contributed by atoms with Gasteiger partial charge in [0.05, 0.1) is 6.42 Å². The Morgan fingerprint density at radius 3 is 1.90 bits per heavy atom. The molecule has 0 unspecified atom stereocenters. The Balaban J connectivity index is 1.07. The van der Waals surface area contributed by atoms with Crippen LogP contribution in [0.3, 0.4) is 0 Å². The van der Waals surface area contributed by atoms with Crippen LogP contribution in [0.25, 0.3) is 0 Å². The zero-order valence-corrected chi connectivity index (χ0v) is 23.5. The SMILES string of the molecule is CN(C(=O)Cc1ccc(OCc2ccccc2)cc1)C1CCN(CCC(c2ccccc2)c2ccccc2)CC1. The van der Waals surface area contributed by atoms with Crippen molar-refractivity contribution in [1.29, 1.82) is 0 Å². The number of likely N-dealkylation sites (N-methyl/N-ethyl adjacent to an activating group) is 1. The monoisotopic (exact) mass is 532 g/mol. The van der Waals surface area contributed by atoms with E-state index in [4.69, 9.17) is 4.74 Å². The van der Waals surface area contributed by atoms with Crippen LogP contribution in [0.2, 0.25) is 0 Å². The van der Waals surface area contributed by atoms with E-state index in [1.54, 1.807) is 0 Å². The number of hydrogen-bond donors (Lipinski definition) is 0. The molecule has 0 saturated carbocycles. The van der Waals surface area contributed by atoms with Gasteiger partial charge in [-0.05, 0) is 60.2 Å². The van der Waals surface area contributed by atoms with E-state index in [2.05, 4.69) is 77.7 Å². The fourth-order valence-electron chi connectivity index (χ4n) is 5.69. The summed E-state index contributed by atoms with van der Waals surface area (Å²) in [6.45, 7) is 3.68. The van der Waals surface area contributed by atoms with Crippen molar-refractivity contribution in [3.8, 4) is 5.75 Å². The third-order valence-electron chi connectivity index (χ3n) is 8.16. The van der Waals surface area contributed by atoms with Gasteiger partial charge in [0, 0.05) is 32.1 Å². The third kappa shape index (κ3) is 7.61. The van der Waals surface area contributed by atoms with Crippen LogP contribution in [-0.2, 0) is 17.8 Å². The fourth-order valence-corrected chi connectivity index (χ4v) is 5.69. The molecule has 0 bridgehead atoms. The van der Waals surface area contributed by atoms with Gasteiger partial charge in [0.15, 0.2) is 0 Å². The zero-order valence-electron chi connectivity index (χ0n) is 23.5. The number of carbonyl (C=O) groups is 1. The van der Waals surface area contributed by atoms with E-state index in [0.717, 1.165) is 55.8 Å². The summed E-state index contributed by atoms with van der Waals surface area (Å²) < 4.78 is 5.89. The number of rotatable bonds is 11. The van der Waals surface area contributed by atoms with Gasteiger partial charge in [0.2, 0.25) is 5.91 Å². The molecule has 0 aromatic heterocycles. The van der Waals surface area contributed by atoms with Crippen molar-refractivity contribution < 1.29 is 9.53 Å². The van der Waals surface area contributed by atoms with Crippen molar-refractivity contribution >= 4 is 5.91 Å². The molecule has 5 rings (SSSR count). The number of amides is 1. The van der Waals surface area contributed by atoms with E-state index in [9.17, 15) is 4.79 Å². The van der Waals surface area contributed by atoms with Crippen LogP contribution in [0.15, 0.2) is 115 Å². The number of ether oxygens (including phenoxy) is 1. The molecule has 4 aromatic rings. The zero-order chi connectivity index (χ0) is 27.6. The predicted molar refractivity (Wildman–Crippen MR) is 162 cm³/mol. The maximum Gasteiger partial charge on any atom is 0.226 e. The maximum absolute atomic E-state index is 13.1. The number of likely N-dealkylation sites (tertiary alicyclic amines) is 1. The molecule has 40 heavy (non-hydrogen) atoms. The molecule has 4 aromatic carbocycles. The Kier molecular flexibility index (Phi) is 9.65. The minimum absolute atomic E-state index is 0.185. The number of benzene rings is 4. The summed E-state index contributed by atoms with van der Waals surface area (Å²) >= 11 is 0. The Morgan fingerprint density at radius 1 is 0.775 bits per heavy atom. The molecule has 0 spiro atoms. The lowest BCUT2D eigenvalue weighted by atomic mass is 9.88. The fraction of sp³-hybridized carbons (Fsp3) is 0.306. The molecule has 1 heterocycles. The van der Waals surface area contributed by atoms with Gasteiger partial charge in [-0.1, -0.05) is 103 Å². The minimum atomic E-state index is 0.185.